The number of nitrogens with zero attached hydrogens (tertiary/aromatic N) is 2. The van der Waals surface area contributed by atoms with Crippen LogP contribution in [0, 0.1) is 0 Å². The van der Waals surface area contributed by atoms with Crippen molar-refractivity contribution in [3.8, 4) is 0 Å². The number of alkyl halides is 3. The maximum Gasteiger partial charge on any atom is 0.416 e. The number of ether oxygens (including phenoxy) is 1. The molecule has 6 nitrogen and oxygen atoms in total. The van der Waals surface area contributed by atoms with E-state index in [9.17, 15) is 18.0 Å². The van der Waals surface area contributed by atoms with E-state index in [1.165, 1.54) is 6.07 Å². The van der Waals surface area contributed by atoms with Crippen molar-refractivity contribution in [2.45, 2.75) is 18.8 Å². The molecule has 0 radical (unpaired) electrons. The Morgan fingerprint density at radius 1 is 1.23 bits per heavy atom. The van der Waals surface area contributed by atoms with Gasteiger partial charge in [0.05, 0.1) is 18.7 Å². The van der Waals surface area contributed by atoms with E-state index in [0.29, 0.717) is 43.3 Å². The van der Waals surface area contributed by atoms with Gasteiger partial charge in [0.25, 0.3) is 5.91 Å². The van der Waals surface area contributed by atoms with Gasteiger partial charge in [0.2, 0.25) is 0 Å². The van der Waals surface area contributed by atoms with Gasteiger partial charge in [-0.25, -0.2) is 0 Å². The van der Waals surface area contributed by atoms with Crippen LogP contribution in [-0.2, 0) is 17.5 Å². The number of hydrogen-bond donors (Lipinski definition) is 2. The molecule has 2 N–H and O–H groups in total. The van der Waals surface area contributed by atoms with Crippen molar-refractivity contribution in [3.63, 3.8) is 0 Å². The van der Waals surface area contributed by atoms with Crippen LogP contribution in [0.25, 0.3) is 0 Å². The average Bonchev–Trinajstić information content (AvgIpc) is 2.79. The number of guanidine groups is 1. The van der Waals surface area contributed by atoms with Crippen molar-refractivity contribution < 1.29 is 22.7 Å². The number of aliphatic imine (C=N–C) groups is 1. The molecule has 0 saturated carbocycles. The summed E-state index contributed by atoms with van der Waals surface area (Å²) >= 11 is 0. The lowest BCUT2D eigenvalue weighted by molar-refractivity contribution is -0.137. The number of benzene rings is 2. The SMILES string of the molecule is CN=C(NCc1ccc(C(=O)NC)cc1)N1CCOC(c2cccc(C(F)(F)F)c2)C1. The van der Waals surface area contributed by atoms with Gasteiger partial charge in [-0.2, -0.15) is 13.2 Å². The molecule has 2 aromatic carbocycles. The van der Waals surface area contributed by atoms with Gasteiger partial charge in [0, 0.05) is 32.7 Å². The van der Waals surface area contributed by atoms with Crippen molar-refractivity contribution in [2.24, 2.45) is 4.99 Å². The van der Waals surface area contributed by atoms with Gasteiger partial charge >= 0.3 is 6.18 Å². The Labute approximate surface area is 179 Å². The predicted molar refractivity (Wildman–Crippen MR) is 112 cm³/mol. The highest BCUT2D eigenvalue weighted by Gasteiger charge is 2.32. The molecule has 0 aliphatic carbocycles. The second kappa shape index (κ2) is 9.82. The maximum absolute atomic E-state index is 13.0. The minimum absolute atomic E-state index is 0.149. The normalized spacial score (nSPS) is 17.4. The zero-order chi connectivity index (χ0) is 22.4. The topological polar surface area (TPSA) is 66.0 Å². The van der Waals surface area contributed by atoms with Crippen LogP contribution in [0.4, 0.5) is 13.2 Å². The second-order valence-electron chi connectivity index (χ2n) is 7.11. The van der Waals surface area contributed by atoms with Crippen LogP contribution in [0.2, 0.25) is 0 Å². The zero-order valence-corrected chi connectivity index (χ0v) is 17.4. The molecule has 1 atom stereocenters. The van der Waals surface area contributed by atoms with Gasteiger partial charge in [0.15, 0.2) is 5.96 Å². The second-order valence-corrected chi connectivity index (χ2v) is 7.11. The Morgan fingerprint density at radius 3 is 2.61 bits per heavy atom. The summed E-state index contributed by atoms with van der Waals surface area (Å²) < 4.78 is 44.9. The lowest BCUT2D eigenvalue weighted by Crippen LogP contribution is -2.48. The monoisotopic (exact) mass is 434 g/mol. The third-order valence-corrected chi connectivity index (χ3v) is 5.06. The number of rotatable bonds is 4. The minimum Gasteiger partial charge on any atom is -0.370 e. The van der Waals surface area contributed by atoms with Crippen molar-refractivity contribution in [3.05, 3.63) is 70.8 Å². The lowest BCUT2D eigenvalue weighted by Gasteiger charge is -2.35. The number of halogens is 3. The smallest absolute Gasteiger partial charge is 0.370 e. The first-order valence-corrected chi connectivity index (χ1v) is 9.87. The number of carbonyl (C=O) groups is 1. The van der Waals surface area contributed by atoms with E-state index in [4.69, 9.17) is 4.74 Å². The molecule has 1 heterocycles. The summed E-state index contributed by atoms with van der Waals surface area (Å²) in [5.74, 6) is 0.486. The molecule has 1 amide bonds. The Morgan fingerprint density at radius 2 is 1.97 bits per heavy atom. The van der Waals surface area contributed by atoms with E-state index in [1.807, 2.05) is 17.0 Å². The highest BCUT2D eigenvalue weighted by molar-refractivity contribution is 5.93. The lowest BCUT2D eigenvalue weighted by atomic mass is 10.0. The summed E-state index contributed by atoms with van der Waals surface area (Å²) in [4.78, 5) is 17.9. The van der Waals surface area contributed by atoms with Crippen LogP contribution in [0.15, 0.2) is 53.5 Å². The molecule has 2 aromatic rings. The van der Waals surface area contributed by atoms with E-state index in [0.717, 1.165) is 17.7 Å². The Bertz CT molecular complexity index is 929. The van der Waals surface area contributed by atoms with Gasteiger partial charge in [0.1, 0.15) is 6.10 Å². The summed E-state index contributed by atoms with van der Waals surface area (Å²) in [5, 5.41) is 5.84. The summed E-state index contributed by atoms with van der Waals surface area (Å²) in [7, 11) is 3.24. The van der Waals surface area contributed by atoms with Gasteiger partial charge in [-0.05, 0) is 35.4 Å². The maximum atomic E-state index is 13.0. The van der Waals surface area contributed by atoms with Gasteiger partial charge in [-0.3, -0.25) is 9.79 Å². The summed E-state index contributed by atoms with van der Waals surface area (Å²) in [6.07, 6.45) is -4.88. The van der Waals surface area contributed by atoms with Gasteiger partial charge < -0.3 is 20.3 Å². The average molecular weight is 434 g/mol. The van der Waals surface area contributed by atoms with Crippen LogP contribution in [0.3, 0.4) is 0 Å². The highest BCUT2D eigenvalue weighted by atomic mass is 19.4. The molecule has 1 aliphatic rings. The number of nitrogens with one attached hydrogen (secondary N) is 2. The van der Waals surface area contributed by atoms with E-state index in [2.05, 4.69) is 15.6 Å². The predicted octanol–water partition coefficient (Wildman–Crippen LogP) is 3.21. The molecule has 1 saturated heterocycles. The van der Waals surface area contributed by atoms with Crippen molar-refractivity contribution in [1.82, 2.24) is 15.5 Å². The van der Waals surface area contributed by atoms with E-state index in [1.54, 1.807) is 32.3 Å². The van der Waals surface area contributed by atoms with Crippen molar-refractivity contribution >= 4 is 11.9 Å². The molecule has 3 rings (SSSR count). The van der Waals surface area contributed by atoms with Crippen LogP contribution < -0.4 is 10.6 Å². The van der Waals surface area contributed by atoms with E-state index < -0.39 is 17.8 Å². The molecule has 1 unspecified atom stereocenters. The first-order valence-electron chi connectivity index (χ1n) is 9.87. The molecule has 31 heavy (non-hydrogen) atoms. The summed E-state index contributed by atoms with van der Waals surface area (Å²) in [6.45, 7) is 1.83. The zero-order valence-electron chi connectivity index (χ0n) is 17.4. The minimum atomic E-state index is -4.39. The Kier molecular flexibility index (Phi) is 7.17. The molecule has 1 fully saturated rings. The highest BCUT2D eigenvalue weighted by Crippen LogP contribution is 2.32. The molecular formula is C22H25F3N4O2. The quantitative estimate of drug-likeness (QED) is 0.573. The molecule has 0 aromatic heterocycles. The standard InChI is InChI=1S/C22H25F3N4O2/c1-26-20(30)16-8-6-15(7-9-16)13-28-21(27-2)29-10-11-31-19(14-29)17-4-3-5-18(12-17)22(23,24)25/h3-9,12,19H,10-11,13-14H2,1-2H3,(H,26,30)(H,27,28). The molecule has 0 bridgehead atoms. The first-order chi connectivity index (χ1) is 14.8. The van der Waals surface area contributed by atoms with E-state index >= 15 is 0 Å². The fraction of sp³-hybridized carbons (Fsp3) is 0.364. The molecule has 9 heteroatoms. The largest absolute Gasteiger partial charge is 0.416 e. The Balaban J connectivity index is 1.64. The molecule has 1 aliphatic heterocycles. The number of amides is 1. The van der Waals surface area contributed by atoms with Crippen LogP contribution in [-0.4, -0.2) is 50.6 Å². The fourth-order valence-corrected chi connectivity index (χ4v) is 3.39. The van der Waals surface area contributed by atoms with Crippen LogP contribution >= 0.6 is 0 Å². The molecule has 166 valence electrons. The summed E-state index contributed by atoms with van der Waals surface area (Å²) in [5.41, 5.74) is 1.34. The van der Waals surface area contributed by atoms with E-state index in [-0.39, 0.29) is 5.91 Å². The third-order valence-electron chi connectivity index (χ3n) is 5.06. The van der Waals surface area contributed by atoms with Gasteiger partial charge in [-0.15, -0.1) is 0 Å². The van der Waals surface area contributed by atoms with Gasteiger partial charge in [-0.1, -0.05) is 24.3 Å². The molecule has 0 spiro atoms. The van der Waals surface area contributed by atoms with Crippen molar-refractivity contribution in [2.75, 3.05) is 33.8 Å². The van der Waals surface area contributed by atoms with Crippen LogP contribution in [0.1, 0.15) is 33.2 Å². The Hall–Kier alpha value is -3.07. The first kappa shape index (κ1) is 22.6. The molecular weight excluding hydrogens is 409 g/mol. The number of carbonyl (C=O) groups excluding carboxylic acids is 1. The fourth-order valence-electron chi connectivity index (χ4n) is 3.39. The number of hydrogen-bond acceptors (Lipinski definition) is 3. The number of morpholine rings is 1. The van der Waals surface area contributed by atoms with Crippen LogP contribution in [0.5, 0.6) is 0 Å². The summed E-state index contributed by atoms with van der Waals surface area (Å²) in [6, 6.07) is 12.4. The van der Waals surface area contributed by atoms with Crippen molar-refractivity contribution in [1.29, 1.82) is 0 Å². The third kappa shape index (κ3) is 5.75.